The van der Waals surface area contributed by atoms with Crippen molar-refractivity contribution in [2.45, 2.75) is 55.7 Å². The summed E-state index contributed by atoms with van der Waals surface area (Å²) in [6, 6.07) is 1.78. The molecule has 0 bridgehead atoms. The maximum absolute atomic E-state index is 12.2. The molecule has 142 valence electrons. The number of rotatable bonds is 7. The van der Waals surface area contributed by atoms with E-state index >= 15 is 0 Å². The van der Waals surface area contributed by atoms with E-state index < -0.39 is 0 Å². The van der Waals surface area contributed by atoms with Crippen molar-refractivity contribution >= 4 is 50.4 Å². The van der Waals surface area contributed by atoms with Crippen molar-refractivity contribution in [1.82, 2.24) is 24.8 Å². The van der Waals surface area contributed by atoms with Gasteiger partial charge in [0.05, 0.1) is 5.69 Å². The number of amides is 1. The van der Waals surface area contributed by atoms with Crippen LogP contribution in [0.4, 0.5) is 5.13 Å². The van der Waals surface area contributed by atoms with Crippen molar-refractivity contribution in [3.63, 3.8) is 0 Å². The molecule has 1 fully saturated rings. The van der Waals surface area contributed by atoms with Crippen molar-refractivity contribution in [3.8, 4) is 0 Å². The Balaban J connectivity index is 1.49. The Bertz CT molecular complexity index is 1040. The predicted molar refractivity (Wildman–Crippen MR) is 107 cm³/mol. The number of hydrogen-bond acceptors (Lipinski definition) is 9. The van der Waals surface area contributed by atoms with Crippen LogP contribution in [0.3, 0.4) is 0 Å². The third kappa shape index (κ3) is 3.90. The SMILES string of the molecule is CCC(=O)N(c1nnc(SCc2cc(=O)n3nc(CC)sc3n2)s1)C1CC1. The van der Waals surface area contributed by atoms with E-state index in [2.05, 4.69) is 20.3 Å². The number of nitrogens with zero attached hydrogens (tertiary/aromatic N) is 6. The van der Waals surface area contributed by atoms with Crippen LogP contribution in [0.2, 0.25) is 0 Å². The molecule has 0 unspecified atom stereocenters. The Labute approximate surface area is 167 Å². The van der Waals surface area contributed by atoms with Crippen LogP contribution >= 0.6 is 34.4 Å². The highest BCUT2D eigenvalue weighted by atomic mass is 32.2. The van der Waals surface area contributed by atoms with E-state index in [0.717, 1.165) is 28.6 Å². The van der Waals surface area contributed by atoms with Crippen LogP contribution in [0.25, 0.3) is 4.96 Å². The lowest BCUT2D eigenvalue weighted by Crippen LogP contribution is -2.32. The lowest BCUT2D eigenvalue weighted by molar-refractivity contribution is -0.118. The monoisotopic (exact) mass is 422 g/mol. The van der Waals surface area contributed by atoms with Gasteiger partial charge in [-0.25, -0.2) is 4.98 Å². The van der Waals surface area contributed by atoms with Crippen LogP contribution in [-0.4, -0.2) is 36.7 Å². The largest absolute Gasteiger partial charge is 0.284 e. The standard InChI is InChI=1S/C16H18N6O2S3/c1-3-11-20-22-13(24)7-9(17-14(22)26-11)8-25-16-19-18-15(27-16)21(10-5-6-10)12(23)4-2/h7,10H,3-6,8H2,1-2H3. The van der Waals surface area contributed by atoms with Gasteiger partial charge in [-0.3, -0.25) is 14.5 Å². The van der Waals surface area contributed by atoms with Gasteiger partial charge in [-0.15, -0.1) is 10.2 Å². The third-order valence-corrected chi connectivity index (χ3v) is 7.21. The summed E-state index contributed by atoms with van der Waals surface area (Å²) in [6.45, 7) is 3.86. The Morgan fingerprint density at radius 3 is 2.85 bits per heavy atom. The van der Waals surface area contributed by atoms with Crippen LogP contribution in [-0.2, 0) is 17.0 Å². The predicted octanol–water partition coefficient (Wildman–Crippen LogP) is 2.76. The molecule has 1 amide bonds. The summed E-state index contributed by atoms with van der Waals surface area (Å²) in [6.07, 6.45) is 3.28. The number of carbonyl (C=O) groups excluding carboxylic acids is 1. The molecule has 1 aliphatic rings. The Morgan fingerprint density at radius 2 is 2.15 bits per heavy atom. The molecule has 27 heavy (non-hydrogen) atoms. The molecule has 0 spiro atoms. The molecule has 3 heterocycles. The number of fused-ring (bicyclic) bond motifs is 1. The first-order chi connectivity index (χ1) is 13.1. The van der Waals surface area contributed by atoms with Gasteiger partial charge in [0.1, 0.15) is 5.01 Å². The van der Waals surface area contributed by atoms with Crippen molar-refractivity contribution < 1.29 is 4.79 Å². The molecule has 3 aromatic rings. The normalized spacial score (nSPS) is 14.0. The van der Waals surface area contributed by atoms with E-state index in [1.54, 1.807) is 4.90 Å². The highest BCUT2D eigenvalue weighted by Crippen LogP contribution is 2.36. The first-order valence-electron chi connectivity index (χ1n) is 8.76. The van der Waals surface area contributed by atoms with E-state index in [1.807, 2.05) is 13.8 Å². The highest BCUT2D eigenvalue weighted by Gasteiger charge is 2.35. The van der Waals surface area contributed by atoms with Crippen molar-refractivity contribution in [3.05, 3.63) is 27.1 Å². The molecular formula is C16H18N6O2S3. The summed E-state index contributed by atoms with van der Waals surface area (Å²) in [7, 11) is 0. The minimum atomic E-state index is -0.169. The molecular weight excluding hydrogens is 404 g/mol. The lowest BCUT2D eigenvalue weighted by Gasteiger charge is -2.17. The van der Waals surface area contributed by atoms with Gasteiger partial charge in [-0.2, -0.15) is 9.61 Å². The summed E-state index contributed by atoms with van der Waals surface area (Å²) in [5.74, 6) is 0.604. The van der Waals surface area contributed by atoms with Gasteiger partial charge in [0.15, 0.2) is 4.34 Å². The molecule has 1 saturated carbocycles. The lowest BCUT2D eigenvalue weighted by atomic mass is 10.4. The van der Waals surface area contributed by atoms with E-state index in [-0.39, 0.29) is 17.5 Å². The van der Waals surface area contributed by atoms with Crippen molar-refractivity contribution in [2.75, 3.05) is 4.90 Å². The average Bonchev–Trinajstić information content (AvgIpc) is 3.22. The molecule has 0 radical (unpaired) electrons. The fourth-order valence-corrected chi connectivity index (χ4v) is 5.26. The highest BCUT2D eigenvalue weighted by molar-refractivity contribution is 8.00. The fourth-order valence-electron chi connectivity index (χ4n) is 2.58. The molecule has 0 saturated heterocycles. The molecule has 0 aliphatic heterocycles. The summed E-state index contributed by atoms with van der Waals surface area (Å²) >= 11 is 4.32. The summed E-state index contributed by atoms with van der Waals surface area (Å²) in [5.41, 5.74) is 0.523. The van der Waals surface area contributed by atoms with Crippen LogP contribution in [0, 0.1) is 0 Å². The second-order valence-corrected chi connectivity index (χ2v) is 9.34. The van der Waals surface area contributed by atoms with E-state index in [0.29, 0.717) is 28.0 Å². The third-order valence-electron chi connectivity index (χ3n) is 4.07. The van der Waals surface area contributed by atoms with Crippen LogP contribution in [0.5, 0.6) is 0 Å². The number of thioether (sulfide) groups is 1. The van der Waals surface area contributed by atoms with Gasteiger partial charge >= 0.3 is 0 Å². The van der Waals surface area contributed by atoms with Crippen LogP contribution in [0.1, 0.15) is 43.8 Å². The van der Waals surface area contributed by atoms with Gasteiger partial charge in [-0.1, -0.05) is 48.3 Å². The molecule has 0 atom stereocenters. The first kappa shape index (κ1) is 18.5. The van der Waals surface area contributed by atoms with Crippen LogP contribution < -0.4 is 10.5 Å². The zero-order valence-electron chi connectivity index (χ0n) is 14.9. The number of carbonyl (C=O) groups is 1. The number of aromatic nitrogens is 5. The van der Waals surface area contributed by atoms with E-state index in [4.69, 9.17) is 0 Å². The summed E-state index contributed by atoms with van der Waals surface area (Å²) < 4.78 is 2.12. The second kappa shape index (κ2) is 7.64. The quantitative estimate of drug-likeness (QED) is 0.427. The van der Waals surface area contributed by atoms with E-state index in [1.165, 1.54) is 45.0 Å². The number of aryl methyl sites for hydroxylation is 1. The number of hydrogen-bond donors (Lipinski definition) is 0. The van der Waals surface area contributed by atoms with Gasteiger partial charge in [0.2, 0.25) is 16.0 Å². The van der Waals surface area contributed by atoms with Gasteiger partial charge < -0.3 is 0 Å². The fraction of sp³-hybridized carbons (Fsp3) is 0.500. The zero-order valence-corrected chi connectivity index (χ0v) is 17.4. The molecule has 0 aromatic carbocycles. The molecule has 0 N–H and O–H groups in total. The maximum Gasteiger partial charge on any atom is 0.275 e. The topological polar surface area (TPSA) is 93.4 Å². The molecule has 4 rings (SSSR count). The minimum absolute atomic E-state index is 0.0854. The first-order valence-corrected chi connectivity index (χ1v) is 11.4. The Kier molecular flexibility index (Phi) is 5.24. The average molecular weight is 423 g/mol. The molecule has 8 nitrogen and oxygen atoms in total. The van der Waals surface area contributed by atoms with Crippen LogP contribution in [0.15, 0.2) is 15.2 Å². The molecule has 11 heteroatoms. The minimum Gasteiger partial charge on any atom is -0.284 e. The zero-order chi connectivity index (χ0) is 19.0. The van der Waals surface area contributed by atoms with Gasteiger partial charge in [0.25, 0.3) is 5.56 Å². The maximum atomic E-state index is 12.2. The molecule has 1 aliphatic carbocycles. The van der Waals surface area contributed by atoms with E-state index in [9.17, 15) is 9.59 Å². The Hall–Kier alpha value is -1.85. The second-order valence-electron chi connectivity index (χ2n) is 6.12. The summed E-state index contributed by atoms with van der Waals surface area (Å²) in [5, 5.41) is 14.2. The smallest absolute Gasteiger partial charge is 0.275 e. The number of anilines is 1. The van der Waals surface area contributed by atoms with Gasteiger partial charge in [-0.05, 0) is 19.3 Å². The van der Waals surface area contributed by atoms with Gasteiger partial charge in [0, 0.05) is 24.3 Å². The van der Waals surface area contributed by atoms with Crippen molar-refractivity contribution in [2.24, 2.45) is 0 Å². The summed E-state index contributed by atoms with van der Waals surface area (Å²) in [4.78, 5) is 31.3. The molecule has 3 aromatic heterocycles. The van der Waals surface area contributed by atoms with Crippen molar-refractivity contribution in [1.29, 1.82) is 0 Å². The Morgan fingerprint density at radius 1 is 1.33 bits per heavy atom.